The summed E-state index contributed by atoms with van der Waals surface area (Å²) < 4.78 is 0. The molecule has 0 atom stereocenters. The summed E-state index contributed by atoms with van der Waals surface area (Å²) in [6, 6.07) is 23.8. The highest BCUT2D eigenvalue weighted by molar-refractivity contribution is 5.92. The molecule has 6 nitrogen and oxygen atoms in total. The van der Waals surface area contributed by atoms with Crippen molar-refractivity contribution in [2.24, 2.45) is 0 Å². The number of anilines is 2. The molecular formula is C26H25N5O. The molecule has 1 saturated heterocycles. The number of piperazine rings is 1. The first-order valence-electron chi connectivity index (χ1n) is 10.9. The van der Waals surface area contributed by atoms with E-state index in [4.69, 9.17) is 4.98 Å². The SMILES string of the molecule is O=C(Cc1ccccc1)Nc1ccc(-c2ccc3ncc(N4CCNCC4)nc3c2)cc1. The van der Waals surface area contributed by atoms with Crippen molar-refractivity contribution in [3.8, 4) is 11.1 Å². The van der Waals surface area contributed by atoms with E-state index in [9.17, 15) is 4.79 Å². The molecule has 6 heteroatoms. The van der Waals surface area contributed by atoms with Gasteiger partial charge in [-0.05, 0) is 41.0 Å². The van der Waals surface area contributed by atoms with Crippen LogP contribution in [0.1, 0.15) is 5.56 Å². The Hall–Kier alpha value is -3.77. The largest absolute Gasteiger partial charge is 0.353 e. The van der Waals surface area contributed by atoms with Crippen molar-refractivity contribution in [1.29, 1.82) is 0 Å². The fourth-order valence-corrected chi connectivity index (χ4v) is 3.96. The van der Waals surface area contributed by atoms with Gasteiger partial charge in [0, 0.05) is 31.9 Å². The van der Waals surface area contributed by atoms with E-state index in [1.165, 1.54) is 0 Å². The Balaban J connectivity index is 1.31. The molecule has 3 aromatic carbocycles. The molecule has 2 heterocycles. The number of amides is 1. The summed E-state index contributed by atoms with van der Waals surface area (Å²) in [7, 11) is 0. The van der Waals surface area contributed by atoms with Gasteiger partial charge in [-0.3, -0.25) is 9.78 Å². The van der Waals surface area contributed by atoms with Gasteiger partial charge < -0.3 is 15.5 Å². The molecule has 0 spiro atoms. The van der Waals surface area contributed by atoms with Crippen LogP contribution in [0.5, 0.6) is 0 Å². The van der Waals surface area contributed by atoms with Gasteiger partial charge in [-0.2, -0.15) is 0 Å². The van der Waals surface area contributed by atoms with Crippen LogP contribution in [-0.2, 0) is 11.2 Å². The fraction of sp³-hybridized carbons (Fsp3) is 0.192. The summed E-state index contributed by atoms with van der Waals surface area (Å²) in [5, 5.41) is 6.34. The average Bonchev–Trinajstić information content (AvgIpc) is 2.85. The highest BCUT2D eigenvalue weighted by Crippen LogP contribution is 2.25. The maximum Gasteiger partial charge on any atom is 0.228 e. The number of carbonyl (C=O) groups excluding carboxylic acids is 1. The summed E-state index contributed by atoms with van der Waals surface area (Å²) in [6.07, 6.45) is 2.22. The molecule has 0 bridgehead atoms. The predicted octanol–water partition coefficient (Wildman–Crippen LogP) is 3.89. The zero-order valence-electron chi connectivity index (χ0n) is 17.8. The van der Waals surface area contributed by atoms with Gasteiger partial charge in [0.1, 0.15) is 5.82 Å². The number of aromatic nitrogens is 2. The third-order valence-corrected chi connectivity index (χ3v) is 5.68. The van der Waals surface area contributed by atoms with E-state index in [0.29, 0.717) is 6.42 Å². The van der Waals surface area contributed by atoms with Crippen LogP contribution in [0, 0.1) is 0 Å². The minimum absolute atomic E-state index is 0.0228. The smallest absolute Gasteiger partial charge is 0.228 e. The van der Waals surface area contributed by atoms with Crippen molar-refractivity contribution in [1.82, 2.24) is 15.3 Å². The van der Waals surface area contributed by atoms with Crippen LogP contribution in [-0.4, -0.2) is 42.1 Å². The number of hydrogen-bond donors (Lipinski definition) is 2. The van der Waals surface area contributed by atoms with Crippen LogP contribution >= 0.6 is 0 Å². The summed E-state index contributed by atoms with van der Waals surface area (Å²) >= 11 is 0. The van der Waals surface area contributed by atoms with Crippen molar-refractivity contribution < 1.29 is 4.79 Å². The third-order valence-electron chi connectivity index (χ3n) is 5.68. The topological polar surface area (TPSA) is 70.2 Å². The first-order valence-corrected chi connectivity index (χ1v) is 10.9. The zero-order chi connectivity index (χ0) is 21.8. The van der Waals surface area contributed by atoms with Crippen LogP contribution in [0.3, 0.4) is 0 Å². The van der Waals surface area contributed by atoms with E-state index in [-0.39, 0.29) is 5.91 Å². The lowest BCUT2D eigenvalue weighted by molar-refractivity contribution is -0.115. The van der Waals surface area contributed by atoms with E-state index in [2.05, 4.69) is 32.7 Å². The molecule has 0 unspecified atom stereocenters. The quantitative estimate of drug-likeness (QED) is 0.510. The van der Waals surface area contributed by atoms with Gasteiger partial charge in [-0.1, -0.05) is 48.5 Å². The molecule has 4 aromatic rings. The molecule has 5 rings (SSSR count). The summed E-state index contributed by atoms with van der Waals surface area (Å²) in [6.45, 7) is 3.82. The van der Waals surface area contributed by atoms with Crippen LogP contribution in [0.4, 0.5) is 11.5 Å². The lowest BCUT2D eigenvalue weighted by atomic mass is 10.0. The Labute approximate surface area is 187 Å². The molecule has 0 radical (unpaired) electrons. The normalized spacial score (nSPS) is 13.8. The lowest BCUT2D eigenvalue weighted by Gasteiger charge is -2.28. The molecule has 1 aromatic heterocycles. The highest BCUT2D eigenvalue weighted by atomic mass is 16.1. The maximum atomic E-state index is 12.3. The van der Waals surface area contributed by atoms with E-state index in [0.717, 1.165) is 65.4 Å². The number of benzene rings is 3. The van der Waals surface area contributed by atoms with Gasteiger partial charge in [-0.15, -0.1) is 0 Å². The standard InChI is InChI=1S/C26H25N5O/c32-26(16-19-4-2-1-3-5-19)29-22-9-6-20(7-10-22)21-8-11-23-24(17-21)30-25(18-28-23)31-14-12-27-13-15-31/h1-11,17-18,27H,12-16H2,(H,29,32). The molecule has 1 fully saturated rings. The van der Waals surface area contributed by atoms with Gasteiger partial charge in [0.2, 0.25) is 5.91 Å². The van der Waals surface area contributed by atoms with Gasteiger partial charge in [0.15, 0.2) is 0 Å². The van der Waals surface area contributed by atoms with Crippen LogP contribution in [0.25, 0.3) is 22.2 Å². The van der Waals surface area contributed by atoms with Gasteiger partial charge in [0.25, 0.3) is 0 Å². The molecule has 0 aliphatic carbocycles. The lowest BCUT2D eigenvalue weighted by Crippen LogP contribution is -2.43. The number of nitrogens with zero attached hydrogens (tertiary/aromatic N) is 3. The number of hydrogen-bond acceptors (Lipinski definition) is 5. The predicted molar refractivity (Wildman–Crippen MR) is 129 cm³/mol. The summed E-state index contributed by atoms with van der Waals surface area (Å²) in [5.74, 6) is 0.901. The maximum absolute atomic E-state index is 12.3. The summed E-state index contributed by atoms with van der Waals surface area (Å²) in [5.41, 5.74) is 5.71. The number of rotatable bonds is 5. The molecule has 32 heavy (non-hydrogen) atoms. The van der Waals surface area contributed by atoms with Crippen molar-refractivity contribution in [3.05, 3.63) is 84.6 Å². The molecular weight excluding hydrogens is 398 g/mol. The number of fused-ring (bicyclic) bond motifs is 1. The van der Waals surface area contributed by atoms with E-state index in [1.54, 1.807) is 0 Å². The Morgan fingerprint density at radius 3 is 2.44 bits per heavy atom. The van der Waals surface area contributed by atoms with Crippen LogP contribution < -0.4 is 15.5 Å². The molecule has 0 saturated carbocycles. The monoisotopic (exact) mass is 423 g/mol. The first kappa shape index (κ1) is 20.2. The van der Waals surface area contributed by atoms with Crippen LogP contribution in [0.2, 0.25) is 0 Å². The minimum Gasteiger partial charge on any atom is -0.353 e. The Morgan fingerprint density at radius 1 is 0.906 bits per heavy atom. The van der Waals surface area contributed by atoms with Crippen molar-refractivity contribution >= 4 is 28.4 Å². The number of carbonyl (C=O) groups is 1. The Morgan fingerprint density at radius 2 is 1.66 bits per heavy atom. The second kappa shape index (κ2) is 9.16. The molecule has 160 valence electrons. The van der Waals surface area contributed by atoms with Gasteiger partial charge >= 0.3 is 0 Å². The van der Waals surface area contributed by atoms with Crippen molar-refractivity contribution in [3.63, 3.8) is 0 Å². The summed E-state index contributed by atoms with van der Waals surface area (Å²) in [4.78, 5) is 24.0. The highest BCUT2D eigenvalue weighted by Gasteiger charge is 2.13. The molecule has 1 aliphatic rings. The van der Waals surface area contributed by atoms with Crippen molar-refractivity contribution in [2.75, 3.05) is 36.4 Å². The molecule has 2 N–H and O–H groups in total. The van der Waals surface area contributed by atoms with Crippen molar-refractivity contribution in [2.45, 2.75) is 6.42 Å². The average molecular weight is 424 g/mol. The number of nitrogens with one attached hydrogen (secondary N) is 2. The van der Waals surface area contributed by atoms with E-state index >= 15 is 0 Å². The first-order chi connectivity index (χ1) is 15.7. The van der Waals surface area contributed by atoms with Crippen LogP contribution in [0.15, 0.2) is 79.0 Å². The third kappa shape index (κ3) is 4.60. The molecule has 1 amide bonds. The fourth-order valence-electron chi connectivity index (χ4n) is 3.96. The minimum atomic E-state index is -0.0228. The second-order valence-electron chi connectivity index (χ2n) is 7.96. The van der Waals surface area contributed by atoms with Gasteiger partial charge in [0.05, 0.1) is 23.7 Å². The Kier molecular flexibility index (Phi) is 5.77. The second-order valence-corrected chi connectivity index (χ2v) is 7.96. The zero-order valence-corrected chi connectivity index (χ0v) is 17.8. The molecule has 1 aliphatic heterocycles. The Bertz CT molecular complexity index is 1220. The van der Waals surface area contributed by atoms with E-state index in [1.807, 2.05) is 66.9 Å². The van der Waals surface area contributed by atoms with E-state index < -0.39 is 0 Å². The van der Waals surface area contributed by atoms with Gasteiger partial charge in [-0.25, -0.2) is 4.98 Å².